The van der Waals surface area contributed by atoms with Gasteiger partial charge in [-0.3, -0.25) is 4.79 Å². The minimum Gasteiger partial charge on any atom is -0.355 e. The Kier molecular flexibility index (Phi) is 6.36. The van der Waals surface area contributed by atoms with Gasteiger partial charge in [-0.1, -0.05) is 0 Å². The Labute approximate surface area is 92.4 Å². The smallest absolute Gasteiger partial charge is 0.233 e. The van der Waals surface area contributed by atoms with Crippen LogP contribution in [-0.2, 0) is 4.79 Å². The van der Waals surface area contributed by atoms with Crippen LogP contribution in [0.15, 0.2) is 0 Å². The highest BCUT2D eigenvalue weighted by atomic mass is 16.1. The lowest BCUT2D eigenvalue weighted by Gasteiger charge is -2.13. The van der Waals surface area contributed by atoms with E-state index in [0.717, 1.165) is 13.0 Å². The minimum absolute atomic E-state index is 0.0960. The summed E-state index contributed by atoms with van der Waals surface area (Å²) in [5.74, 6) is 0.0960. The Bertz CT molecular complexity index is 179. The van der Waals surface area contributed by atoms with E-state index in [1.54, 1.807) is 7.05 Å². The van der Waals surface area contributed by atoms with Crippen LogP contribution in [0.3, 0.4) is 0 Å². The molecule has 1 heterocycles. The standard InChI is InChI=1S/C11H23N3O/c1-12-10-11(15)13-6-2-3-7-14-8-4-5-9-14/h12H,2-10H2,1H3,(H,13,15). The maximum atomic E-state index is 11.1. The van der Waals surface area contributed by atoms with Crippen LogP contribution < -0.4 is 10.6 Å². The molecule has 1 aliphatic rings. The molecule has 0 atom stereocenters. The van der Waals surface area contributed by atoms with Crippen molar-refractivity contribution in [2.75, 3.05) is 39.8 Å². The van der Waals surface area contributed by atoms with Crippen molar-refractivity contribution in [3.8, 4) is 0 Å². The zero-order chi connectivity index (χ0) is 10.9. The molecule has 4 heteroatoms. The maximum absolute atomic E-state index is 11.1. The fourth-order valence-corrected chi connectivity index (χ4v) is 1.92. The highest BCUT2D eigenvalue weighted by Crippen LogP contribution is 2.07. The van der Waals surface area contributed by atoms with Crippen LogP contribution in [0.4, 0.5) is 0 Å². The van der Waals surface area contributed by atoms with Gasteiger partial charge in [-0.15, -0.1) is 0 Å². The van der Waals surface area contributed by atoms with E-state index in [2.05, 4.69) is 15.5 Å². The fourth-order valence-electron chi connectivity index (χ4n) is 1.92. The Morgan fingerprint density at radius 2 is 2.00 bits per heavy atom. The van der Waals surface area contributed by atoms with Crippen LogP contribution in [0.1, 0.15) is 25.7 Å². The van der Waals surface area contributed by atoms with Crippen LogP contribution >= 0.6 is 0 Å². The number of hydrogen-bond acceptors (Lipinski definition) is 3. The minimum atomic E-state index is 0.0960. The van der Waals surface area contributed by atoms with Gasteiger partial charge in [0.05, 0.1) is 6.54 Å². The summed E-state index contributed by atoms with van der Waals surface area (Å²) in [6.07, 6.45) is 5.00. The lowest BCUT2D eigenvalue weighted by atomic mass is 10.3. The van der Waals surface area contributed by atoms with E-state index in [9.17, 15) is 4.79 Å². The van der Waals surface area contributed by atoms with E-state index >= 15 is 0 Å². The van der Waals surface area contributed by atoms with Gasteiger partial charge >= 0.3 is 0 Å². The molecule has 0 aromatic heterocycles. The van der Waals surface area contributed by atoms with Crippen molar-refractivity contribution < 1.29 is 4.79 Å². The van der Waals surface area contributed by atoms with Crippen molar-refractivity contribution in [2.45, 2.75) is 25.7 Å². The van der Waals surface area contributed by atoms with Gasteiger partial charge in [0.15, 0.2) is 0 Å². The van der Waals surface area contributed by atoms with E-state index in [1.165, 1.54) is 38.9 Å². The van der Waals surface area contributed by atoms with Crippen LogP contribution in [0.5, 0.6) is 0 Å². The SMILES string of the molecule is CNCC(=O)NCCCCN1CCCC1. The molecule has 1 amide bonds. The average Bonchev–Trinajstić information content (AvgIpc) is 2.70. The molecule has 1 rings (SSSR count). The first-order valence-corrected chi connectivity index (χ1v) is 5.96. The Morgan fingerprint density at radius 1 is 1.27 bits per heavy atom. The van der Waals surface area contributed by atoms with Gasteiger partial charge in [0.2, 0.25) is 5.91 Å². The van der Waals surface area contributed by atoms with Gasteiger partial charge in [-0.2, -0.15) is 0 Å². The van der Waals surface area contributed by atoms with Crippen molar-refractivity contribution in [1.29, 1.82) is 0 Å². The first kappa shape index (κ1) is 12.5. The second-order valence-corrected chi connectivity index (χ2v) is 4.14. The first-order valence-electron chi connectivity index (χ1n) is 5.96. The number of carbonyl (C=O) groups is 1. The molecule has 0 bridgehead atoms. The normalized spacial score (nSPS) is 16.9. The number of nitrogens with one attached hydrogen (secondary N) is 2. The van der Waals surface area contributed by atoms with Crippen molar-refractivity contribution in [1.82, 2.24) is 15.5 Å². The molecule has 4 nitrogen and oxygen atoms in total. The molecule has 0 spiro atoms. The van der Waals surface area contributed by atoms with Gasteiger partial charge in [0.25, 0.3) is 0 Å². The lowest BCUT2D eigenvalue weighted by Crippen LogP contribution is -2.33. The number of likely N-dealkylation sites (N-methyl/N-ethyl adjacent to an activating group) is 1. The van der Waals surface area contributed by atoms with E-state index in [-0.39, 0.29) is 5.91 Å². The molecule has 2 N–H and O–H groups in total. The number of carbonyl (C=O) groups excluding carboxylic acids is 1. The molecule has 1 fully saturated rings. The number of amides is 1. The zero-order valence-corrected chi connectivity index (χ0v) is 9.72. The van der Waals surface area contributed by atoms with Gasteiger partial charge < -0.3 is 15.5 Å². The Balaban J connectivity index is 1.86. The van der Waals surface area contributed by atoms with Crippen molar-refractivity contribution in [3.63, 3.8) is 0 Å². The number of likely N-dealkylation sites (tertiary alicyclic amines) is 1. The summed E-state index contributed by atoms with van der Waals surface area (Å²) >= 11 is 0. The number of unbranched alkanes of at least 4 members (excludes halogenated alkanes) is 1. The Hall–Kier alpha value is -0.610. The van der Waals surface area contributed by atoms with Gasteiger partial charge in [-0.05, 0) is 52.4 Å². The van der Waals surface area contributed by atoms with E-state index in [1.807, 2.05) is 0 Å². The molecule has 0 aliphatic carbocycles. The zero-order valence-electron chi connectivity index (χ0n) is 9.72. The van der Waals surface area contributed by atoms with Crippen LogP contribution in [0, 0.1) is 0 Å². The predicted molar refractivity (Wildman–Crippen MR) is 61.8 cm³/mol. The molecular formula is C11H23N3O. The van der Waals surface area contributed by atoms with E-state index in [4.69, 9.17) is 0 Å². The van der Waals surface area contributed by atoms with Crippen LogP contribution in [-0.4, -0.2) is 50.6 Å². The van der Waals surface area contributed by atoms with Crippen molar-refractivity contribution in [2.24, 2.45) is 0 Å². The highest BCUT2D eigenvalue weighted by molar-refractivity contribution is 5.77. The summed E-state index contributed by atoms with van der Waals surface area (Å²) in [5, 5.41) is 5.72. The third kappa shape index (κ3) is 5.74. The number of rotatable bonds is 7. The molecule has 1 saturated heterocycles. The molecule has 0 unspecified atom stereocenters. The monoisotopic (exact) mass is 213 g/mol. The highest BCUT2D eigenvalue weighted by Gasteiger charge is 2.09. The Morgan fingerprint density at radius 3 is 2.67 bits per heavy atom. The third-order valence-corrected chi connectivity index (χ3v) is 2.76. The molecule has 0 saturated carbocycles. The summed E-state index contributed by atoms with van der Waals surface area (Å²) in [4.78, 5) is 13.6. The third-order valence-electron chi connectivity index (χ3n) is 2.76. The molecule has 1 aliphatic heterocycles. The quantitative estimate of drug-likeness (QED) is 0.594. The molecule has 0 radical (unpaired) electrons. The van der Waals surface area contributed by atoms with Gasteiger partial charge in [0.1, 0.15) is 0 Å². The topological polar surface area (TPSA) is 44.4 Å². The largest absolute Gasteiger partial charge is 0.355 e. The van der Waals surface area contributed by atoms with Crippen LogP contribution in [0.2, 0.25) is 0 Å². The molecule has 0 aromatic rings. The second-order valence-electron chi connectivity index (χ2n) is 4.14. The predicted octanol–water partition coefficient (Wildman–Crippen LogP) is 0.198. The van der Waals surface area contributed by atoms with Gasteiger partial charge in [0, 0.05) is 6.54 Å². The number of nitrogens with zero attached hydrogens (tertiary/aromatic N) is 1. The molecule has 88 valence electrons. The summed E-state index contributed by atoms with van der Waals surface area (Å²) in [5.41, 5.74) is 0. The van der Waals surface area contributed by atoms with Crippen LogP contribution in [0.25, 0.3) is 0 Å². The average molecular weight is 213 g/mol. The summed E-state index contributed by atoms with van der Waals surface area (Å²) in [7, 11) is 1.78. The summed E-state index contributed by atoms with van der Waals surface area (Å²) in [6, 6.07) is 0. The lowest BCUT2D eigenvalue weighted by molar-refractivity contribution is -0.120. The first-order chi connectivity index (χ1) is 7.33. The molecule has 0 aromatic carbocycles. The second kappa shape index (κ2) is 7.65. The molecular weight excluding hydrogens is 190 g/mol. The summed E-state index contributed by atoms with van der Waals surface area (Å²) in [6.45, 7) is 4.97. The fraction of sp³-hybridized carbons (Fsp3) is 0.909. The molecule has 15 heavy (non-hydrogen) atoms. The van der Waals surface area contributed by atoms with E-state index in [0.29, 0.717) is 6.54 Å². The van der Waals surface area contributed by atoms with E-state index < -0.39 is 0 Å². The summed E-state index contributed by atoms with van der Waals surface area (Å²) < 4.78 is 0. The van der Waals surface area contributed by atoms with Crippen molar-refractivity contribution in [3.05, 3.63) is 0 Å². The number of hydrogen-bond donors (Lipinski definition) is 2. The van der Waals surface area contributed by atoms with Gasteiger partial charge in [-0.25, -0.2) is 0 Å². The maximum Gasteiger partial charge on any atom is 0.233 e. The van der Waals surface area contributed by atoms with Crippen molar-refractivity contribution >= 4 is 5.91 Å².